The fraction of sp³-hybridized carbons (Fsp3) is 0.238. The lowest BCUT2D eigenvalue weighted by Gasteiger charge is -2.23. The maximum absolute atomic E-state index is 11.3. The third kappa shape index (κ3) is 3.34. The van der Waals surface area contributed by atoms with Crippen molar-refractivity contribution >= 4 is 28.3 Å². The summed E-state index contributed by atoms with van der Waals surface area (Å²) in [5.41, 5.74) is 8.56. The molecule has 3 heterocycles. The van der Waals surface area contributed by atoms with Crippen LogP contribution in [-0.2, 0) is 5.41 Å². The van der Waals surface area contributed by atoms with Crippen LogP contribution in [0.15, 0.2) is 53.8 Å². The maximum Gasteiger partial charge on any atom is 0.334 e. The second-order valence-corrected chi connectivity index (χ2v) is 7.60. The van der Waals surface area contributed by atoms with Crippen molar-refractivity contribution in [3.8, 4) is 0 Å². The van der Waals surface area contributed by atoms with Crippen molar-refractivity contribution in [2.75, 3.05) is 7.05 Å². The Morgan fingerprint density at radius 2 is 1.97 bits per heavy atom. The summed E-state index contributed by atoms with van der Waals surface area (Å²) in [6.07, 6.45) is 1.78. The van der Waals surface area contributed by atoms with Crippen molar-refractivity contribution in [1.82, 2.24) is 29.8 Å². The molecule has 0 saturated heterocycles. The third-order valence-electron chi connectivity index (χ3n) is 5.14. The van der Waals surface area contributed by atoms with Crippen molar-refractivity contribution in [2.24, 2.45) is 10.8 Å². The molecule has 4 aromatic rings. The van der Waals surface area contributed by atoms with E-state index in [0.29, 0.717) is 22.9 Å². The number of hydrogen-bond acceptors (Lipinski definition) is 6. The summed E-state index contributed by atoms with van der Waals surface area (Å²) in [6, 6.07) is 13.1. The molecule has 3 aromatic heterocycles. The first-order chi connectivity index (χ1) is 14.3. The summed E-state index contributed by atoms with van der Waals surface area (Å²) in [7, 11) is 1.49. The van der Waals surface area contributed by atoms with Gasteiger partial charge in [0.2, 0.25) is 0 Å². The molecule has 1 aromatic carbocycles. The third-order valence-corrected chi connectivity index (χ3v) is 5.14. The van der Waals surface area contributed by atoms with Crippen LogP contribution >= 0.6 is 0 Å². The fourth-order valence-electron chi connectivity index (χ4n) is 3.29. The highest BCUT2D eigenvalue weighted by Gasteiger charge is 2.30. The number of primary amides is 1. The van der Waals surface area contributed by atoms with Gasteiger partial charge in [-0.15, -0.1) is 10.2 Å². The highest BCUT2D eigenvalue weighted by molar-refractivity contribution is 5.97. The van der Waals surface area contributed by atoms with Crippen LogP contribution in [0.2, 0.25) is 0 Å². The molecule has 30 heavy (non-hydrogen) atoms. The number of rotatable bonds is 4. The standard InChI is InChI=1S/C21H22N8O/c1-13(26-28(4)20(22)30)16-9-10-18-24-25-19(29(18)27-16)21(2,3)15-7-8-17-14(12-15)6-5-11-23-17/h5-12H,1-4H3,(H2,22,30). The normalized spacial score (nSPS) is 12.5. The average molecular weight is 402 g/mol. The summed E-state index contributed by atoms with van der Waals surface area (Å²) in [6.45, 7) is 5.92. The van der Waals surface area contributed by atoms with Crippen molar-refractivity contribution in [3.05, 3.63) is 65.7 Å². The van der Waals surface area contributed by atoms with Gasteiger partial charge in [0.15, 0.2) is 11.5 Å². The van der Waals surface area contributed by atoms with Gasteiger partial charge in [0.25, 0.3) is 0 Å². The first kappa shape index (κ1) is 19.4. The number of nitrogens with zero attached hydrogens (tertiary/aromatic N) is 7. The van der Waals surface area contributed by atoms with Gasteiger partial charge >= 0.3 is 6.03 Å². The lowest BCUT2D eigenvalue weighted by molar-refractivity contribution is 0.220. The molecule has 2 amide bonds. The quantitative estimate of drug-likeness (QED) is 0.416. The van der Waals surface area contributed by atoms with Crippen LogP contribution in [0.3, 0.4) is 0 Å². The van der Waals surface area contributed by atoms with E-state index in [1.807, 2.05) is 24.3 Å². The fourth-order valence-corrected chi connectivity index (χ4v) is 3.29. The molecule has 0 aliphatic carbocycles. The maximum atomic E-state index is 11.3. The largest absolute Gasteiger partial charge is 0.350 e. The molecular formula is C21H22N8O. The second kappa shape index (κ2) is 7.18. The Balaban J connectivity index is 1.80. The Morgan fingerprint density at radius 3 is 2.73 bits per heavy atom. The predicted molar refractivity (Wildman–Crippen MR) is 114 cm³/mol. The molecule has 4 rings (SSSR count). The summed E-state index contributed by atoms with van der Waals surface area (Å²) in [4.78, 5) is 15.7. The smallest absolute Gasteiger partial charge is 0.334 e. The summed E-state index contributed by atoms with van der Waals surface area (Å²) >= 11 is 0. The number of benzene rings is 1. The van der Waals surface area contributed by atoms with Gasteiger partial charge in [-0.2, -0.15) is 14.7 Å². The molecular weight excluding hydrogens is 380 g/mol. The Hall–Kier alpha value is -3.88. The number of urea groups is 1. The highest BCUT2D eigenvalue weighted by Crippen LogP contribution is 2.31. The minimum absolute atomic E-state index is 0.468. The molecule has 0 fully saturated rings. The number of amides is 2. The van der Waals surface area contributed by atoms with E-state index in [1.165, 1.54) is 7.05 Å². The molecule has 0 saturated carbocycles. The van der Waals surface area contributed by atoms with Gasteiger partial charge < -0.3 is 5.73 Å². The number of hydrazone groups is 1. The van der Waals surface area contributed by atoms with Gasteiger partial charge in [-0.25, -0.2) is 9.80 Å². The zero-order valence-corrected chi connectivity index (χ0v) is 17.2. The molecule has 0 unspecified atom stereocenters. The first-order valence-electron chi connectivity index (χ1n) is 9.44. The van der Waals surface area contributed by atoms with E-state index in [2.05, 4.69) is 51.4 Å². The van der Waals surface area contributed by atoms with Crippen molar-refractivity contribution in [1.29, 1.82) is 0 Å². The molecule has 0 atom stereocenters. The van der Waals surface area contributed by atoms with E-state index in [4.69, 9.17) is 5.73 Å². The number of carbonyl (C=O) groups is 1. The van der Waals surface area contributed by atoms with E-state index in [-0.39, 0.29) is 0 Å². The van der Waals surface area contributed by atoms with Crippen LogP contribution in [0.1, 0.15) is 37.9 Å². The zero-order valence-electron chi connectivity index (χ0n) is 17.2. The Morgan fingerprint density at radius 1 is 1.17 bits per heavy atom. The number of aromatic nitrogens is 5. The van der Waals surface area contributed by atoms with E-state index in [9.17, 15) is 4.79 Å². The molecule has 0 radical (unpaired) electrons. The van der Waals surface area contributed by atoms with Gasteiger partial charge in [-0.05, 0) is 56.7 Å². The van der Waals surface area contributed by atoms with Gasteiger partial charge in [-0.3, -0.25) is 4.98 Å². The predicted octanol–water partition coefficient (Wildman–Crippen LogP) is 2.73. The van der Waals surface area contributed by atoms with E-state index >= 15 is 0 Å². The minimum Gasteiger partial charge on any atom is -0.350 e. The number of hydrogen-bond donors (Lipinski definition) is 1. The molecule has 152 valence electrons. The molecule has 0 spiro atoms. The molecule has 0 aliphatic heterocycles. The van der Waals surface area contributed by atoms with Crippen LogP contribution in [0, 0.1) is 0 Å². The molecule has 9 heteroatoms. The zero-order chi connectivity index (χ0) is 21.5. The molecule has 9 nitrogen and oxygen atoms in total. The lowest BCUT2D eigenvalue weighted by atomic mass is 9.83. The van der Waals surface area contributed by atoms with Crippen molar-refractivity contribution in [3.63, 3.8) is 0 Å². The number of nitrogens with two attached hydrogens (primary N) is 1. The molecule has 0 aliphatic rings. The summed E-state index contributed by atoms with van der Waals surface area (Å²) in [5.74, 6) is 0.693. The highest BCUT2D eigenvalue weighted by atomic mass is 16.2. The van der Waals surface area contributed by atoms with E-state index in [1.54, 1.807) is 23.7 Å². The van der Waals surface area contributed by atoms with Gasteiger partial charge in [0, 0.05) is 18.6 Å². The summed E-state index contributed by atoms with van der Waals surface area (Å²) < 4.78 is 1.71. The van der Waals surface area contributed by atoms with Gasteiger partial charge in [0.05, 0.1) is 16.6 Å². The first-order valence-corrected chi connectivity index (χ1v) is 9.44. The minimum atomic E-state index is -0.646. The van der Waals surface area contributed by atoms with Crippen LogP contribution in [0.4, 0.5) is 4.79 Å². The molecule has 2 N–H and O–H groups in total. The van der Waals surface area contributed by atoms with Crippen LogP contribution in [0.5, 0.6) is 0 Å². The molecule has 0 bridgehead atoms. The SMILES string of the molecule is CC(=NN(C)C(N)=O)c1ccc2nnc(C(C)(C)c3ccc4ncccc4c3)n2n1. The lowest BCUT2D eigenvalue weighted by Crippen LogP contribution is -2.28. The Labute approximate surface area is 173 Å². The monoisotopic (exact) mass is 402 g/mol. The number of fused-ring (bicyclic) bond motifs is 2. The van der Waals surface area contributed by atoms with Crippen molar-refractivity contribution < 1.29 is 4.79 Å². The Kier molecular flexibility index (Phi) is 4.65. The van der Waals surface area contributed by atoms with E-state index < -0.39 is 11.4 Å². The van der Waals surface area contributed by atoms with Crippen LogP contribution < -0.4 is 5.73 Å². The van der Waals surface area contributed by atoms with E-state index in [0.717, 1.165) is 21.5 Å². The summed E-state index contributed by atoms with van der Waals surface area (Å²) in [5, 5.41) is 19.7. The number of pyridine rings is 1. The van der Waals surface area contributed by atoms with Crippen molar-refractivity contribution in [2.45, 2.75) is 26.2 Å². The average Bonchev–Trinajstić information content (AvgIpc) is 3.17. The van der Waals surface area contributed by atoms with Crippen LogP contribution in [0.25, 0.3) is 16.6 Å². The van der Waals surface area contributed by atoms with Gasteiger partial charge in [0.1, 0.15) is 5.69 Å². The number of carbonyl (C=O) groups excluding carboxylic acids is 1. The Bertz CT molecular complexity index is 1290. The topological polar surface area (TPSA) is 115 Å². The van der Waals surface area contributed by atoms with Gasteiger partial charge in [-0.1, -0.05) is 12.1 Å². The van der Waals surface area contributed by atoms with Crippen LogP contribution in [-0.4, -0.2) is 48.6 Å². The second-order valence-electron chi connectivity index (χ2n) is 7.60.